The Morgan fingerprint density at radius 1 is 1.32 bits per heavy atom. The SMILES string of the molecule is N#Cc1cccc(C2C3=C(CCCC3=O)Nc3ccnn32)c1. The predicted molar refractivity (Wildman–Crippen MR) is 81.0 cm³/mol. The van der Waals surface area contributed by atoms with E-state index in [4.69, 9.17) is 5.26 Å². The molecule has 1 unspecified atom stereocenters. The van der Waals surface area contributed by atoms with Crippen LogP contribution in [-0.2, 0) is 4.79 Å². The van der Waals surface area contributed by atoms with Gasteiger partial charge >= 0.3 is 0 Å². The number of hydrogen-bond acceptors (Lipinski definition) is 4. The molecule has 22 heavy (non-hydrogen) atoms. The van der Waals surface area contributed by atoms with E-state index in [0.717, 1.165) is 35.5 Å². The fourth-order valence-electron chi connectivity index (χ4n) is 3.29. The number of anilines is 1. The number of nitrogens with zero attached hydrogens (tertiary/aromatic N) is 3. The van der Waals surface area contributed by atoms with Crippen LogP contribution in [0.1, 0.15) is 36.4 Å². The molecule has 108 valence electrons. The Morgan fingerprint density at radius 3 is 3.09 bits per heavy atom. The summed E-state index contributed by atoms with van der Waals surface area (Å²) >= 11 is 0. The van der Waals surface area contributed by atoms with Gasteiger partial charge in [0.15, 0.2) is 5.78 Å². The van der Waals surface area contributed by atoms with Gasteiger partial charge < -0.3 is 5.32 Å². The topological polar surface area (TPSA) is 70.7 Å². The number of fused-ring (bicyclic) bond motifs is 1. The molecule has 1 aliphatic heterocycles. The lowest BCUT2D eigenvalue weighted by Gasteiger charge is -2.33. The van der Waals surface area contributed by atoms with E-state index in [2.05, 4.69) is 16.5 Å². The summed E-state index contributed by atoms with van der Waals surface area (Å²) in [6.07, 6.45) is 4.06. The van der Waals surface area contributed by atoms with Gasteiger partial charge in [-0.25, -0.2) is 4.68 Å². The van der Waals surface area contributed by atoms with Crippen molar-refractivity contribution in [2.75, 3.05) is 5.32 Å². The van der Waals surface area contributed by atoms with Crippen molar-refractivity contribution in [1.82, 2.24) is 9.78 Å². The Morgan fingerprint density at radius 2 is 2.23 bits per heavy atom. The number of nitrogens with one attached hydrogen (secondary N) is 1. The summed E-state index contributed by atoms with van der Waals surface area (Å²) in [7, 11) is 0. The van der Waals surface area contributed by atoms with Gasteiger partial charge in [0.2, 0.25) is 0 Å². The van der Waals surface area contributed by atoms with Crippen LogP contribution < -0.4 is 5.32 Å². The molecule has 0 radical (unpaired) electrons. The van der Waals surface area contributed by atoms with E-state index in [1.807, 2.05) is 28.9 Å². The number of hydrogen-bond donors (Lipinski definition) is 1. The fourth-order valence-corrected chi connectivity index (χ4v) is 3.29. The number of ketones is 1. The average Bonchev–Trinajstić information content (AvgIpc) is 3.01. The van der Waals surface area contributed by atoms with E-state index < -0.39 is 0 Å². The van der Waals surface area contributed by atoms with E-state index in [0.29, 0.717) is 12.0 Å². The molecule has 1 atom stereocenters. The van der Waals surface area contributed by atoms with E-state index in [9.17, 15) is 4.79 Å². The third-order valence-corrected chi connectivity index (χ3v) is 4.25. The lowest BCUT2D eigenvalue weighted by molar-refractivity contribution is -0.116. The number of aromatic nitrogens is 2. The summed E-state index contributed by atoms with van der Waals surface area (Å²) in [5.41, 5.74) is 3.30. The predicted octanol–water partition coefficient (Wildman–Crippen LogP) is 2.78. The zero-order valence-corrected chi connectivity index (χ0v) is 11.9. The van der Waals surface area contributed by atoms with Crippen LogP contribution in [0.15, 0.2) is 47.8 Å². The molecule has 1 aromatic heterocycles. The Kier molecular flexibility index (Phi) is 2.83. The van der Waals surface area contributed by atoms with Gasteiger partial charge in [-0.1, -0.05) is 12.1 Å². The van der Waals surface area contributed by atoms with Gasteiger partial charge in [0.05, 0.1) is 17.8 Å². The Hall–Kier alpha value is -2.87. The lowest BCUT2D eigenvalue weighted by Crippen LogP contribution is -2.31. The molecular formula is C17H14N4O. The molecular weight excluding hydrogens is 276 g/mol. The quantitative estimate of drug-likeness (QED) is 0.876. The maximum atomic E-state index is 12.5. The minimum absolute atomic E-state index is 0.169. The molecule has 1 aliphatic carbocycles. The minimum Gasteiger partial charge on any atom is -0.343 e. The summed E-state index contributed by atoms with van der Waals surface area (Å²) < 4.78 is 1.83. The van der Waals surface area contributed by atoms with Crippen molar-refractivity contribution in [3.8, 4) is 6.07 Å². The zero-order chi connectivity index (χ0) is 15.1. The summed E-state index contributed by atoms with van der Waals surface area (Å²) in [5, 5.41) is 16.8. The highest BCUT2D eigenvalue weighted by Gasteiger charge is 2.35. The zero-order valence-electron chi connectivity index (χ0n) is 11.9. The van der Waals surface area contributed by atoms with Gasteiger partial charge in [-0.3, -0.25) is 4.79 Å². The van der Waals surface area contributed by atoms with Crippen LogP contribution in [-0.4, -0.2) is 15.6 Å². The van der Waals surface area contributed by atoms with Gasteiger partial charge in [-0.15, -0.1) is 0 Å². The van der Waals surface area contributed by atoms with Crippen molar-refractivity contribution in [1.29, 1.82) is 5.26 Å². The van der Waals surface area contributed by atoms with Crippen LogP contribution in [0.2, 0.25) is 0 Å². The summed E-state index contributed by atoms with van der Waals surface area (Å²) in [5.74, 6) is 1.06. The van der Waals surface area contributed by atoms with Gasteiger partial charge in [0.1, 0.15) is 11.9 Å². The molecule has 0 saturated carbocycles. The molecule has 0 fully saturated rings. The molecule has 1 aromatic carbocycles. The molecule has 2 aliphatic rings. The van der Waals surface area contributed by atoms with Crippen molar-refractivity contribution >= 4 is 11.6 Å². The second kappa shape index (κ2) is 4.85. The van der Waals surface area contributed by atoms with Gasteiger partial charge in [-0.2, -0.15) is 10.4 Å². The van der Waals surface area contributed by atoms with Crippen molar-refractivity contribution in [3.05, 3.63) is 58.9 Å². The molecule has 0 saturated heterocycles. The second-order valence-electron chi connectivity index (χ2n) is 5.59. The van der Waals surface area contributed by atoms with E-state index in [-0.39, 0.29) is 11.8 Å². The Balaban J connectivity index is 1.93. The largest absolute Gasteiger partial charge is 0.343 e. The number of carbonyl (C=O) groups is 1. The molecule has 0 amide bonds. The molecule has 2 heterocycles. The maximum Gasteiger partial charge on any atom is 0.163 e. The van der Waals surface area contributed by atoms with Gasteiger partial charge in [0, 0.05) is 23.8 Å². The highest BCUT2D eigenvalue weighted by Crippen LogP contribution is 2.40. The highest BCUT2D eigenvalue weighted by molar-refractivity contribution is 5.99. The summed E-state index contributed by atoms with van der Waals surface area (Å²) in [6.45, 7) is 0. The number of carbonyl (C=O) groups excluding carboxylic acids is 1. The summed E-state index contributed by atoms with van der Waals surface area (Å²) in [4.78, 5) is 12.5. The third kappa shape index (κ3) is 1.85. The number of nitriles is 1. The number of rotatable bonds is 1. The van der Waals surface area contributed by atoms with Crippen LogP contribution in [0.25, 0.3) is 0 Å². The standard InChI is InChI=1S/C17H14N4O/c18-10-11-3-1-4-12(9-11)17-16-13(5-2-6-14(16)22)20-15-7-8-19-21(15)17/h1,3-4,7-9,17,20H,2,5-6H2. The molecule has 4 rings (SSSR count). The second-order valence-corrected chi connectivity index (χ2v) is 5.59. The first-order chi connectivity index (χ1) is 10.8. The van der Waals surface area contributed by atoms with Crippen LogP contribution >= 0.6 is 0 Å². The molecule has 0 spiro atoms. The molecule has 0 bridgehead atoms. The van der Waals surface area contributed by atoms with Crippen molar-refractivity contribution in [2.45, 2.75) is 25.3 Å². The average molecular weight is 290 g/mol. The van der Waals surface area contributed by atoms with Crippen molar-refractivity contribution < 1.29 is 4.79 Å². The maximum absolute atomic E-state index is 12.5. The first-order valence-electron chi connectivity index (χ1n) is 7.35. The first-order valence-corrected chi connectivity index (χ1v) is 7.35. The van der Waals surface area contributed by atoms with Gasteiger partial charge in [-0.05, 0) is 30.5 Å². The lowest BCUT2D eigenvalue weighted by atomic mass is 9.85. The number of benzene rings is 1. The van der Waals surface area contributed by atoms with E-state index in [1.54, 1.807) is 12.3 Å². The monoisotopic (exact) mass is 290 g/mol. The van der Waals surface area contributed by atoms with Crippen LogP contribution in [0.3, 0.4) is 0 Å². The normalized spacial score (nSPS) is 20.0. The summed E-state index contributed by atoms with van der Waals surface area (Å²) in [6, 6.07) is 11.2. The molecule has 1 N–H and O–H groups in total. The van der Waals surface area contributed by atoms with Crippen molar-refractivity contribution in [2.24, 2.45) is 0 Å². The van der Waals surface area contributed by atoms with Crippen LogP contribution in [0.5, 0.6) is 0 Å². The van der Waals surface area contributed by atoms with Crippen LogP contribution in [0.4, 0.5) is 5.82 Å². The Bertz CT molecular complexity index is 840. The van der Waals surface area contributed by atoms with Crippen LogP contribution in [0, 0.1) is 11.3 Å². The Labute approximate surface area is 127 Å². The molecule has 2 aromatic rings. The highest BCUT2D eigenvalue weighted by atomic mass is 16.1. The first kappa shape index (κ1) is 12.8. The number of allylic oxidation sites excluding steroid dienone is 2. The van der Waals surface area contributed by atoms with E-state index in [1.165, 1.54) is 0 Å². The number of Topliss-reactive ketones (excluding diaryl/α,β-unsaturated/α-hetero) is 1. The smallest absolute Gasteiger partial charge is 0.163 e. The molecule has 5 heteroatoms. The van der Waals surface area contributed by atoms with E-state index >= 15 is 0 Å². The fraction of sp³-hybridized carbons (Fsp3) is 0.235. The molecule has 5 nitrogen and oxygen atoms in total. The van der Waals surface area contributed by atoms with Gasteiger partial charge in [0.25, 0.3) is 0 Å². The third-order valence-electron chi connectivity index (χ3n) is 4.25. The minimum atomic E-state index is -0.248. The van der Waals surface area contributed by atoms with Crippen molar-refractivity contribution in [3.63, 3.8) is 0 Å².